The smallest absolute Gasteiger partial charge is 0.187 e. The number of nitrogens with zero attached hydrogens (tertiary/aromatic N) is 2. The van der Waals surface area contributed by atoms with Crippen LogP contribution >= 0.6 is 0 Å². The van der Waals surface area contributed by atoms with Crippen molar-refractivity contribution in [1.82, 2.24) is 4.98 Å². The number of hydrogen-bond acceptors (Lipinski definition) is 1. The number of hydrogen-bond donors (Lipinski definition) is 0. The van der Waals surface area contributed by atoms with E-state index in [9.17, 15) is 0 Å². The molecule has 1 aromatic heterocycles. The van der Waals surface area contributed by atoms with E-state index in [0.717, 1.165) is 33.3 Å². The number of para-hydroxylation sites is 1. The van der Waals surface area contributed by atoms with E-state index in [-0.39, 0.29) is 0 Å². The molecule has 0 saturated carbocycles. The van der Waals surface area contributed by atoms with Crippen LogP contribution in [0.15, 0.2) is 170 Å². The Labute approximate surface area is 274 Å². The average molecular weight is 597 g/mol. The van der Waals surface area contributed by atoms with Crippen LogP contribution in [0.5, 0.6) is 0 Å². The molecule has 1 aliphatic carbocycles. The molecule has 7 aromatic carbocycles. The predicted molar refractivity (Wildman–Crippen MR) is 194 cm³/mol. The second-order valence-corrected chi connectivity index (χ2v) is 12.2. The Morgan fingerprint density at radius 1 is 0.489 bits per heavy atom. The Kier molecular flexibility index (Phi) is 6.13. The molecule has 0 unspecified atom stereocenters. The molecule has 9 rings (SSSR count). The van der Waals surface area contributed by atoms with Crippen molar-refractivity contribution in [2.24, 2.45) is 0 Å². The predicted octanol–water partition coefficient (Wildman–Crippen LogP) is 11.6. The van der Waals surface area contributed by atoms with Gasteiger partial charge < -0.3 is 0 Å². The van der Waals surface area contributed by atoms with Gasteiger partial charge in [-0.05, 0) is 62.0 Å². The molecule has 0 aliphatic heterocycles. The lowest BCUT2D eigenvalue weighted by atomic mass is 9.67. The first-order valence-corrected chi connectivity index (χ1v) is 15.9. The highest BCUT2D eigenvalue weighted by Crippen LogP contribution is 2.58. The van der Waals surface area contributed by atoms with Gasteiger partial charge in [0.25, 0.3) is 0 Å². The third-order valence-corrected chi connectivity index (χ3v) is 9.75. The van der Waals surface area contributed by atoms with Crippen LogP contribution in [0.4, 0.5) is 5.69 Å². The molecule has 0 radical (unpaired) electrons. The summed E-state index contributed by atoms with van der Waals surface area (Å²) in [5.74, 6) is 0. The topological polar surface area (TPSA) is 17.2 Å². The van der Waals surface area contributed by atoms with E-state index in [1.165, 1.54) is 44.2 Å². The molecule has 0 spiro atoms. The maximum atomic E-state index is 7.38. The van der Waals surface area contributed by atoms with Crippen LogP contribution in [0.2, 0.25) is 0 Å². The summed E-state index contributed by atoms with van der Waals surface area (Å²) < 4.78 is 0. The molecule has 1 aliphatic rings. The molecule has 218 valence electrons. The summed E-state index contributed by atoms with van der Waals surface area (Å²) in [6.45, 7) is 7.38. The van der Waals surface area contributed by atoms with Gasteiger partial charge in [0.05, 0.1) is 23.2 Å². The molecule has 0 fully saturated rings. The van der Waals surface area contributed by atoms with E-state index < -0.39 is 5.41 Å². The Hall–Kier alpha value is -6.30. The van der Waals surface area contributed by atoms with Crippen molar-refractivity contribution < 1.29 is 0 Å². The first-order chi connectivity index (χ1) is 23.3. The molecule has 0 saturated heterocycles. The van der Waals surface area contributed by atoms with E-state index in [4.69, 9.17) is 11.6 Å². The standard InChI is InChI=1S/C45H28N2/c1-46-35-25-23-30(24-26-35)31-13-12-14-32(29-31)44-43-37(36-19-9-11-22-41(36)47-44)27-28-40-42(43)38-20-8-10-21-39(38)45(40,33-15-4-2-5-16-33)34-17-6-3-7-18-34/h2-29H. The van der Waals surface area contributed by atoms with Crippen LogP contribution in [-0.2, 0) is 5.41 Å². The van der Waals surface area contributed by atoms with Gasteiger partial charge in [-0.1, -0.05) is 158 Å². The molecule has 1 heterocycles. The molecular weight excluding hydrogens is 569 g/mol. The van der Waals surface area contributed by atoms with Crippen LogP contribution in [0.1, 0.15) is 22.3 Å². The highest BCUT2D eigenvalue weighted by atomic mass is 14.7. The van der Waals surface area contributed by atoms with E-state index >= 15 is 0 Å². The minimum Gasteiger partial charge on any atom is -0.247 e. The third-order valence-electron chi connectivity index (χ3n) is 9.75. The number of benzene rings is 7. The van der Waals surface area contributed by atoms with Crippen LogP contribution < -0.4 is 0 Å². The first kappa shape index (κ1) is 27.0. The Bertz CT molecular complexity index is 2470. The van der Waals surface area contributed by atoms with Crippen LogP contribution in [0, 0.1) is 6.57 Å². The quantitative estimate of drug-likeness (QED) is 0.146. The van der Waals surface area contributed by atoms with Gasteiger partial charge in [-0.3, -0.25) is 0 Å². The molecule has 2 heteroatoms. The van der Waals surface area contributed by atoms with Gasteiger partial charge in [-0.15, -0.1) is 0 Å². The SMILES string of the molecule is [C-]#[N+]c1ccc(-c2cccc(-c3nc4ccccc4c4ccc5c(c34)-c3ccccc3C5(c3ccccc3)c3ccccc3)c2)cc1. The summed E-state index contributed by atoms with van der Waals surface area (Å²) in [6, 6.07) is 60.5. The normalized spacial score (nSPS) is 12.8. The number of rotatable bonds is 4. The number of pyridine rings is 1. The van der Waals surface area contributed by atoms with Gasteiger partial charge in [0, 0.05) is 16.3 Å². The fourth-order valence-corrected chi connectivity index (χ4v) is 7.76. The van der Waals surface area contributed by atoms with Crippen molar-refractivity contribution in [3.8, 4) is 33.5 Å². The molecule has 0 amide bonds. The van der Waals surface area contributed by atoms with Crippen LogP contribution in [0.25, 0.3) is 60.0 Å². The van der Waals surface area contributed by atoms with E-state index in [0.29, 0.717) is 5.69 Å². The maximum absolute atomic E-state index is 7.38. The second-order valence-electron chi connectivity index (χ2n) is 12.2. The Morgan fingerprint density at radius 3 is 1.89 bits per heavy atom. The Morgan fingerprint density at radius 2 is 1.15 bits per heavy atom. The van der Waals surface area contributed by atoms with Gasteiger partial charge in [0.1, 0.15) is 0 Å². The molecule has 0 bridgehead atoms. The van der Waals surface area contributed by atoms with Crippen LogP contribution in [-0.4, -0.2) is 4.98 Å². The summed E-state index contributed by atoms with van der Waals surface area (Å²) in [5, 5.41) is 3.51. The largest absolute Gasteiger partial charge is 0.247 e. The van der Waals surface area contributed by atoms with Gasteiger partial charge in [-0.2, -0.15) is 0 Å². The van der Waals surface area contributed by atoms with Gasteiger partial charge in [0.2, 0.25) is 0 Å². The van der Waals surface area contributed by atoms with Crippen molar-refractivity contribution in [3.63, 3.8) is 0 Å². The van der Waals surface area contributed by atoms with Crippen LogP contribution in [0.3, 0.4) is 0 Å². The highest BCUT2D eigenvalue weighted by molar-refractivity contribution is 6.18. The lowest BCUT2D eigenvalue weighted by Gasteiger charge is -2.34. The van der Waals surface area contributed by atoms with Gasteiger partial charge in [-0.25, -0.2) is 9.83 Å². The summed E-state index contributed by atoms with van der Waals surface area (Å²) in [7, 11) is 0. The van der Waals surface area contributed by atoms with E-state index in [1.54, 1.807) is 0 Å². The second kappa shape index (κ2) is 10.7. The molecule has 47 heavy (non-hydrogen) atoms. The minimum atomic E-state index is -0.488. The van der Waals surface area contributed by atoms with Crippen molar-refractivity contribution in [2.75, 3.05) is 0 Å². The summed E-state index contributed by atoms with van der Waals surface area (Å²) in [5.41, 5.74) is 12.9. The third kappa shape index (κ3) is 4.00. The maximum Gasteiger partial charge on any atom is 0.187 e. The fourth-order valence-electron chi connectivity index (χ4n) is 7.76. The first-order valence-electron chi connectivity index (χ1n) is 15.9. The number of fused-ring (bicyclic) bond motifs is 7. The number of aromatic nitrogens is 1. The van der Waals surface area contributed by atoms with Gasteiger partial charge >= 0.3 is 0 Å². The minimum absolute atomic E-state index is 0.488. The molecule has 0 atom stereocenters. The molecule has 8 aromatic rings. The monoisotopic (exact) mass is 596 g/mol. The van der Waals surface area contributed by atoms with E-state index in [1.807, 2.05) is 24.3 Å². The summed E-state index contributed by atoms with van der Waals surface area (Å²) in [4.78, 5) is 9.02. The van der Waals surface area contributed by atoms with Crippen molar-refractivity contribution >= 4 is 27.4 Å². The van der Waals surface area contributed by atoms with Crippen molar-refractivity contribution in [1.29, 1.82) is 0 Å². The fraction of sp³-hybridized carbons (Fsp3) is 0.0222. The van der Waals surface area contributed by atoms with Crippen molar-refractivity contribution in [3.05, 3.63) is 204 Å². The lowest BCUT2D eigenvalue weighted by molar-refractivity contribution is 0.769. The average Bonchev–Trinajstić information content (AvgIpc) is 3.46. The molecular formula is C45H28N2. The zero-order chi connectivity index (χ0) is 31.4. The summed E-state index contributed by atoms with van der Waals surface area (Å²) >= 11 is 0. The molecule has 2 nitrogen and oxygen atoms in total. The molecule has 0 N–H and O–H groups in total. The highest BCUT2D eigenvalue weighted by Gasteiger charge is 2.46. The van der Waals surface area contributed by atoms with Crippen molar-refractivity contribution in [2.45, 2.75) is 5.41 Å². The van der Waals surface area contributed by atoms with E-state index in [2.05, 4.69) is 150 Å². The lowest BCUT2D eigenvalue weighted by Crippen LogP contribution is -2.28. The summed E-state index contributed by atoms with van der Waals surface area (Å²) in [6.07, 6.45) is 0. The zero-order valence-electron chi connectivity index (χ0n) is 25.6. The Balaban J connectivity index is 1.42. The van der Waals surface area contributed by atoms with Gasteiger partial charge in [0.15, 0.2) is 5.69 Å². The zero-order valence-corrected chi connectivity index (χ0v) is 25.6.